The first-order valence-electron chi connectivity index (χ1n) is 11.0. The number of hydrogen-bond donors (Lipinski definition) is 1. The van der Waals surface area contributed by atoms with E-state index in [4.69, 9.17) is 4.98 Å². The zero-order valence-electron chi connectivity index (χ0n) is 18.5. The van der Waals surface area contributed by atoms with Crippen molar-refractivity contribution in [2.45, 2.75) is 58.5 Å². The monoisotopic (exact) mass is 415 g/mol. The van der Waals surface area contributed by atoms with Crippen LogP contribution in [0.1, 0.15) is 47.0 Å². The molecule has 2 aliphatic heterocycles. The number of likely N-dealkylation sites (tertiary alicyclic amines) is 1. The molecule has 0 aromatic carbocycles. The van der Waals surface area contributed by atoms with Crippen LogP contribution in [-0.4, -0.2) is 80.8 Å². The Bertz CT molecular complexity index is 966. The van der Waals surface area contributed by atoms with Gasteiger partial charge in [0.15, 0.2) is 5.65 Å². The van der Waals surface area contributed by atoms with E-state index in [2.05, 4.69) is 26.8 Å². The third-order valence-electron chi connectivity index (χ3n) is 6.22. The lowest BCUT2D eigenvalue weighted by Crippen LogP contribution is -2.52. The van der Waals surface area contributed by atoms with Crippen LogP contribution in [0, 0.1) is 0 Å². The van der Waals surface area contributed by atoms with Crippen LogP contribution < -0.4 is 10.5 Å². The predicted molar refractivity (Wildman–Crippen MR) is 117 cm³/mol. The van der Waals surface area contributed by atoms with Crippen LogP contribution >= 0.6 is 0 Å². The van der Waals surface area contributed by atoms with Crippen molar-refractivity contribution in [3.63, 3.8) is 0 Å². The summed E-state index contributed by atoms with van der Waals surface area (Å²) in [5.74, 6) is 0.812. The maximum Gasteiger partial charge on any atom is 0.263 e. The molecular weight excluding hydrogens is 382 g/mol. The first-order chi connectivity index (χ1) is 14.2. The number of amides is 1. The zero-order valence-corrected chi connectivity index (χ0v) is 18.5. The van der Waals surface area contributed by atoms with E-state index in [1.807, 2.05) is 25.7 Å². The van der Waals surface area contributed by atoms with Gasteiger partial charge in [0.1, 0.15) is 5.39 Å². The molecule has 2 fully saturated rings. The van der Waals surface area contributed by atoms with Gasteiger partial charge in [-0.05, 0) is 47.0 Å². The van der Waals surface area contributed by atoms with Crippen molar-refractivity contribution in [3.05, 3.63) is 16.6 Å². The standard InChI is InChI=1S/C21H33N7O2/c1-15-7-5-6-8-27(15)17(29)14-25-9-11-26(12-10-25)20-23-18-16(19(30)24-20)13-22-28(18)21(2,3)4/h13,15H,5-12,14H2,1-4H3,(H,23,24,30). The summed E-state index contributed by atoms with van der Waals surface area (Å²) in [4.78, 5) is 39.3. The van der Waals surface area contributed by atoms with Crippen molar-refractivity contribution in [3.8, 4) is 0 Å². The molecule has 0 bridgehead atoms. The van der Waals surface area contributed by atoms with E-state index >= 15 is 0 Å². The summed E-state index contributed by atoms with van der Waals surface area (Å²) < 4.78 is 1.80. The van der Waals surface area contributed by atoms with Gasteiger partial charge in [-0.25, -0.2) is 4.68 Å². The second kappa shape index (κ2) is 8.02. The molecule has 1 N–H and O–H groups in total. The van der Waals surface area contributed by atoms with Crippen molar-refractivity contribution < 1.29 is 4.79 Å². The van der Waals surface area contributed by atoms with Crippen LogP contribution in [0.15, 0.2) is 11.0 Å². The predicted octanol–water partition coefficient (Wildman–Crippen LogP) is 1.40. The largest absolute Gasteiger partial charge is 0.340 e. The first kappa shape index (κ1) is 20.8. The van der Waals surface area contributed by atoms with Crippen LogP contribution in [0.5, 0.6) is 0 Å². The Balaban J connectivity index is 1.43. The molecule has 0 spiro atoms. The van der Waals surface area contributed by atoms with Crippen molar-refractivity contribution >= 4 is 22.9 Å². The van der Waals surface area contributed by atoms with Crippen molar-refractivity contribution in [1.29, 1.82) is 0 Å². The molecule has 4 rings (SSSR count). The highest BCUT2D eigenvalue weighted by Gasteiger charge is 2.27. The third-order valence-corrected chi connectivity index (χ3v) is 6.22. The van der Waals surface area contributed by atoms with Gasteiger partial charge in [-0.15, -0.1) is 0 Å². The quantitative estimate of drug-likeness (QED) is 0.815. The van der Waals surface area contributed by atoms with Gasteiger partial charge in [-0.2, -0.15) is 10.1 Å². The lowest BCUT2D eigenvalue weighted by atomic mass is 10.0. The second-order valence-electron chi connectivity index (χ2n) is 9.55. The Hall–Kier alpha value is -2.42. The molecular formula is C21H33N7O2. The summed E-state index contributed by atoms with van der Waals surface area (Å²) in [6, 6.07) is 0.348. The molecule has 2 aliphatic rings. The molecule has 30 heavy (non-hydrogen) atoms. The molecule has 164 valence electrons. The van der Waals surface area contributed by atoms with Crippen LogP contribution in [0.2, 0.25) is 0 Å². The molecule has 9 heteroatoms. The fraction of sp³-hybridized carbons (Fsp3) is 0.714. The Kier molecular flexibility index (Phi) is 5.57. The number of H-pyrrole nitrogens is 1. The number of aromatic amines is 1. The van der Waals surface area contributed by atoms with Gasteiger partial charge in [0.05, 0.1) is 18.3 Å². The van der Waals surface area contributed by atoms with E-state index in [-0.39, 0.29) is 17.0 Å². The number of rotatable bonds is 3. The summed E-state index contributed by atoms with van der Waals surface area (Å²) in [5, 5.41) is 4.88. The first-order valence-corrected chi connectivity index (χ1v) is 11.0. The fourth-order valence-corrected chi connectivity index (χ4v) is 4.42. The maximum absolute atomic E-state index is 12.7. The van der Waals surface area contributed by atoms with E-state index < -0.39 is 0 Å². The molecule has 4 heterocycles. The summed E-state index contributed by atoms with van der Waals surface area (Å²) >= 11 is 0. The van der Waals surface area contributed by atoms with Gasteiger partial charge in [0.25, 0.3) is 5.56 Å². The normalized spacial score (nSPS) is 21.4. The average molecular weight is 416 g/mol. The fourth-order valence-electron chi connectivity index (χ4n) is 4.42. The van der Waals surface area contributed by atoms with E-state index in [0.29, 0.717) is 29.6 Å². The molecule has 0 radical (unpaired) electrons. The lowest BCUT2D eigenvalue weighted by molar-refractivity contribution is -0.135. The van der Waals surface area contributed by atoms with E-state index in [1.54, 1.807) is 10.9 Å². The molecule has 1 unspecified atom stereocenters. The Morgan fingerprint density at radius 3 is 2.57 bits per heavy atom. The number of fused-ring (bicyclic) bond motifs is 1. The number of nitrogens with zero attached hydrogens (tertiary/aromatic N) is 6. The number of nitrogens with one attached hydrogen (secondary N) is 1. The number of aromatic nitrogens is 4. The minimum Gasteiger partial charge on any atom is -0.340 e. The topological polar surface area (TPSA) is 90.4 Å². The smallest absolute Gasteiger partial charge is 0.263 e. The summed E-state index contributed by atoms with van der Waals surface area (Å²) in [5.41, 5.74) is 0.185. The zero-order chi connectivity index (χ0) is 21.5. The van der Waals surface area contributed by atoms with E-state index in [0.717, 1.165) is 45.6 Å². The summed E-state index contributed by atoms with van der Waals surface area (Å²) in [6.07, 6.45) is 5.01. The average Bonchev–Trinajstić information content (AvgIpc) is 3.14. The third kappa shape index (κ3) is 4.08. The summed E-state index contributed by atoms with van der Waals surface area (Å²) in [7, 11) is 0. The SMILES string of the molecule is CC1CCCCN1C(=O)CN1CCN(c2nc3c(cnn3C(C)(C)C)c(=O)[nH]2)CC1. The molecule has 0 aliphatic carbocycles. The molecule has 1 atom stereocenters. The van der Waals surface area contributed by atoms with Crippen LogP contribution in [0.4, 0.5) is 5.95 Å². The highest BCUT2D eigenvalue weighted by molar-refractivity contribution is 5.78. The number of carbonyl (C=O) groups excluding carboxylic acids is 1. The molecule has 9 nitrogen and oxygen atoms in total. The number of carbonyl (C=O) groups is 1. The molecule has 0 saturated carbocycles. The lowest BCUT2D eigenvalue weighted by Gasteiger charge is -2.38. The maximum atomic E-state index is 12.7. The molecule has 2 aromatic rings. The number of piperidine rings is 1. The van der Waals surface area contributed by atoms with Gasteiger partial charge in [-0.1, -0.05) is 0 Å². The van der Waals surface area contributed by atoms with Crippen LogP contribution in [-0.2, 0) is 10.3 Å². The molecule has 2 aromatic heterocycles. The van der Waals surface area contributed by atoms with E-state index in [9.17, 15) is 9.59 Å². The molecule has 1 amide bonds. The van der Waals surface area contributed by atoms with Gasteiger partial charge in [-0.3, -0.25) is 19.5 Å². The van der Waals surface area contributed by atoms with Crippen LogP contribution in [0.25, 0.3) is 11.0 Å². The Labute approximate surface area is 177 Å². The highest BCUT2D eigenvalue weighted by Crippen LogP contribution is 2.21. The van der Waals surface area contributed by atoms with E-state index in [1.165, 1.54) is 6.42 Å². The van der Waals surface area contributed by atoms with Gasteiger partial charge in [0, 0.05) is 38.8 Å². The highest BCUT2D eigenvalue weighted by atomic mass is 16.2. The number of hydrogen-bond acceptors (Lipinski definition) is 6. The minimum atomic E-state index is -0.259. The number of anilines is 1. The molecule has 2 saturated heterocycles. The summed E-state index contributed by atoms with van der Waals surface area (Å²) in [6.45, 7) is 12.6. The van der Waals surface area contributed by atoms with Crippen molar-refractivity contribution in [2.24, 2.45) is 0 Å². The van der Waals surface area contributed by atoms with Crippen molar-refractivity contribution in [2.75, 3.05) is 44.2 Å². The number of piperazine rings is 1. The Morgan fingerprint density at radius 2 is 1.90 bits per heavy atom. The second-order valence-corrected chi connectivity index (χ2v) is 9.55. The van der Waals surface area contributed by atoms with Crippen LogP contribution in [0.3, 0.4) is 0 Å². The van der Waals surface area contributed by atoms with Crippen molar-refractivity contribution in [1.82, 2.24) is 29.5 Å². The van der Waals surface area contributed by atoms with Gasteiger partial charge >= 0.3 is 0 Å². The Morgan fingerprint density at radius 1 is 1.17 bits per heavy atom. The minimum absolute atomic E-state index is 0.165. The van der Waals surface area contributed by atoms with Gasteiger partial charge in [0.2, 0.25) is 11.9 Å². The van der Waals surface area contributed by atoms with Gasteiger partial charge < -0.3 is 9.80 Å².